The van der Waals surface area contributed by atoms with Crippen molar-refractivity contribution in [3.05, 3.63) is 28.8 Å². The second kappa shape index (κ2) is 5.52. The maximum atomic E-state index is 13.8. The molecule has 3 N–H and O–H groups in total. The number of benzene rings is 1. The van der Waals surface area contributed by atoms with Gasteiger partial charge >= 0.3 is 11.9 Å². The van der Waals surface area contributed by atoms with Gasteiger partial charge in [0.25, 0.3) is 0 Å². The second-order valence-corrected chi connectivity index (χ2v) is 4.32. The van der Waals surface area contributed by atoms with E-state index < -0.39 is 17.9 Å². The van der Waals surface area contributed by atoms with Crippen LogP contribution >= 0.6 is 0 Å². The van der Waals surface area contributed by atoms with Gasteiger partial charge < -0.3 is 15.6 Å². The van der Waals surface area contributed by atoms with Crippen LogP contribution in [-0.4, -0.2) is 23.6 Å². The topological polar surface area (TPSA) is 72.5 Å². The molecule has 1 aromatic rings. The van der Waals surface area contributed by atoms with E-state index in [-0.39, 0.29) is 17.9 Å². The molecule has 0 heterocycles. The van der Waals surface area contributed by atoms with Crippen LogP contribution in [-0.2, 0) is 9.53 Å². The number of nitrogens with two attached hydrogens (primary N) is 1. The number of hydrogen-bond acceptors (Lipinski definition) is 4. The van der Waals surface area contributed by atoms with Crippen molar-refractivity contribution in [1.29, 1.82) is 0 Å². The predicted molar refractivity (Wildman–Crippen MR) is 66.1 cm³/mol. The Kier molecular flexibility index (Phi) is 4.47. The molecule has 4 nitrogen and oxygen atoms in total. The summed E-state index contributed by atoms with van der Waals surface area (Å²) in [4.78, 5) is 11.2. The number of aryl methyl sites for hydroxylation is 2. The average molecular weight is 273 g/mol. The van der Waals surface area contributed by atoms with Crippen LogP contribution < -0.4 is 5.73 Å². The van der Waals surface area contributed by atoms with E-state index in [9.17, 15) is 18.7 Å². The molecule has 0 aliphatic carbocycles. The summed E-state index contributed by atoms with van der Waals surface area (Å²) in [7, 11) is 0. The van der Waals surface area contributed by atoms with Crippen molar-refractivity contribution >= 4 is 5.97 Å². The maximum Gasteiger partial charge on any atom is 0.379 e. The summed E-state index contributed by atoms with van der Waals surface area (Å²) in [6, 6.07) is 0.852. The highest BCUT2D eigenvalue weighted by Crippen LogP contribution is 2.34. The first-order valence-corrected chi connectivity index (χ1v) is 5.82. The Morgan fingerprint density at radius 2 is 1.89 bits per heavy atom. The summed E-state index contributed by atoms with van der Waals surface area (Å²) in [5.41, 5.74) is 6.38. The number of ether oxygens (including phenoxy) is 1. The predicted octanol–water partition coefficient (Wildman–Crippen LogP) is 2.21. The molecule has 0 aliphatic heterocycles. The first kappa shape index (κ1) is 15.4. The summed E-state index contributed by atoms with van der Waals surface area (Å²) in [5.74, 6) is -5.44. The molecule has 0 unspecified atom stereocenters. The van der Waals surface area contributed by atoms with Crippen LogP contribution in [0.1, 0.15) is 29.7 Å². The molecule has 0 saturated heterocycles. The fourth-order valence-corrected chi connectivity index (χ4v) is 1.73. The zero-order valence-electron chi connectivity index (χ0n) is 11.0. The van der Waals surface area contributed by atoms with Crippen molar-refractivity contribution in [3.63, 3.8) is 0 Å². The van der Waals surface area contributed by atoms with E-state index in [1.54, 1.807) is 13.8 Å². The molecule has 0 aromatic heterocycles. The highest BCUT2D eigenvalue weighted by Gasteiger charge is 2.47. The summed E-state index contributed by atoms with van der Waals surface area (Å²) in [5, 5.41) is 9.59. The standard InChI is InChI=1S/C13H17F2NO3/c1-4-19-12(18)13(14,15)11(16)9-5-7(2)10(17)8(3)6-9/h5-6,11,17H,4,16H2,1-3H3/t11-/m1/s1. The van der Waals surface area contributed by atoms with Crippen LogP contribution in [0.25, 0.3) is 0 Å². The SMILES string of the molecule is CCOC(=O)C(F)(F)[C@H](N)c1cc(C)c(O)c(C)c1. The summed E-state index contributed by atoms with van der Waals surface area (Å²) in [6.45, 7) is 4.44. The van der Waals surface area contributed by atoms with Gasteiger partial charge in [-0.25, -0.2) is 4.79 Å². The molecule has 0 amide bonds. The average Bonchev–Trinajstić information content (AvgIpc) is 2.34. The van der Waals surface area contributed by atoms with Gasteiger partial charge in [-0.3, -0.25) is 0 Å². The van der Waals surface area contributed by atoms with E-state index in [4.69, 9.17) is 5.73 Å². The highest BCUT2D eigenvalue weighted by molar-refractivity contribution is 5.79. The zero-order chi connectivity index (χ0) is 14.8. The molecule has 0 bridgehead atoms. The Bertz CT molecular complexity index is 466. The number of alkyl halides is 2. The van der Waals surface area contributed by atoms with Gasteiger partial charge in [0.15, 0.2) is 0 Å². The van der Waals surface area contributed by atoms with Crippen LogP contribution in [0.3, 0.4) is 0 Å². The van der Waals surface area contributed by atoms with E-state index in [2.05, 4.69) is 4.74 Å². The number of rotatable bonds is 4. The van der Waals surface area contributed by atoms with Gasteiger partial charge in [0.1, 0.15) is 11.8 Å². The number of carbonyl (C=O) groups excluding carboxylic acids is 1. The molecule has 1 aromatic carbocycles. The molecule has 19 heavy (non-hydrogen) atoms. The molecule has 106 valence electrons. The van der Waals surface area contributed by atoms with E-state index in [0.29, 0.717) is 11.1 Å². The second-order valence-electron chi connectivity index (χ2n) is 4.32. The molecule has 0 spiro atoms. The Hall–Kier alpha value is -1.69. The third kappa shape index (κ3) is 3.01. The fraction of sp³-hybridized carbons (Fsp3) is 0.462. The fourth-order valence-electron chi connectivity index (χ4n) is 1.73. The lowest BCUT2D eigenvalue weighted by atomic mass is 9.97. The quantitative estimate of drug-likeness (QED) is 0.825. The lowest BCUT2D eigenvalue weighted by molar-refractivity contribution is -0.174. The molecule has 0 saturated carbocycles. The van der Waals surface area contributed by atoms with Gasteiger partial charge in [0.2, 0.25) is 0 Å². The third-order valence-corrected chi connectivity index (χ3v) is 2.81. The van der Waals surface area contributed by atoms with Gasteiger partial charge in [-0.2, -0.15) is 8.78 Å². The Balaban J connectivity index is 3.12. The molecule has 6 heteroatoms. The first-order chi connectivity index (χ1) is 8.71. The minimum atomic E-state index is -3.81. The molecule has 0 radical (unpaired) electrons. The summed E-state index contributed by atoms with van der Waals surface area (Å²) < 4.78 is 31.9. The van der Waals surface area contributed by atoms with Crippen molar-refractivity contribution in [1.82, 2.24) is 0 Å². The summed E-state index contributed by atoms with van der Waals surface area (Å²) in [6.07, 6.45) is 0. The van der Waals surface area contributed by atoms with E-state index in [0.717, 1.165) is 0 Å². The van der Waals surface area contributed by atoms with Crippen LogP contribution in [0.4, 0.5) is 8.78 Å². The van der Waals surface area contributed by atoms with E-state index in [1.165, 1.54) is 19.1 Å². The van der Waals surface area contributed by atoms with Crippen LogP contribution in [0.15, 0.2) is 12.1 Å². The minimum absolute atomic E-state index is 0.0235. The maximum absolute atomic E-state index is 13.8. The summed E-state index contributed by atoms with van der Waals surface area (Å²) >= 11 is 0. The Morgan fingerprint density at radius 3 is 2.32 bits per heavy atom. The van der Waals surface area contributed by atoms with Crippen molar-refractivity contribution < 1.29 is 23.4 Å². The monoisotopic (exact) mass is 273 g/mol. The van der Waals surface area contributed by atoms with Gasteiger partial charge in [-0.1, -0.05) is 12.1 Å². The Morgan fingerprint density at radius 1 is 1.42 bits per heavy atom. The van der Waals surface area contributed by atoms with Crippen molar-refractivity contribution in [2.75, 3.05) is 6.61 Å². The smallest absolute Gasteiger partial charge is 0.379 e. The normalized spacial score (nSPS) is 13.2. The van der Waals surface area contributed by atoms with Crippen molar-refractivity contribution in [2.45, 2.75) is 32.7 Å². The zero-order valence-corrected chi connectivity index (χ0v) is 11.0. The Labute approximate surface area is 110 Å². The molecular formula is C13H17F2NO3. The highest BCUT2D eigenvalue weighted by atomic mass is 19.3. The molecular weight excluding hydrogens is 256 g/mol. The van der Waals surface area contributed by atoms with E-state index in [1.807, 2.05) is 0 Å². The number of esters is 1. The lowest BCUT2D eigenvalue weighted by Crippen LogP contribution is -2.41. The van der Waals surface area contributed by atoms with Gasteiger partial charge in [0.05, 0.1) is 6.61 Å². The minimum Gasteiger partial charge on any atom is -0.507 e. The van der Waals surface area contributed by atoms with Gasteiger partial charge in [0, 0.05) is 0 Å². The number of halogens is 2. The number of hydrogen-bond donors (Lipinski definition) is 2. The molecule has 0 fully saturated rings. The van der Waals surface area contributed by atoms with Crippen molar-refractivity contribution in [3.8, 4) is 5.75 Å². The number of phenols is 1. The number of aromatic hydroxyl groups is 1. The molecule has 0 aliphatic rings. The largest absolute Gasteiger partial charge is 0.507 e. The van der Waals surface area contributed by atoms with Gasteiger partial charge in [-0.15, -0.1) is 0 Å². The van der Waals surface area contributed by atoms with Gasteiger partial charge in [-0.05, 0) is 37.5 Å². The first-order valence-electron chi connectivity index (χ1n) is 5.82. The van der Waals surface area contributed by atoms with E-state index >= 15 is 0 Å². The van der Waals surface area contributed by atoms with Crippen molar-refractivity contribution in [2.24, 2.45) is 5.73 Å². The lowest BCUT2D eigenvalue weighted by Gasteiger charge is -2.22. The number of phenolic OH excluding ortho intramolecular Hbond substituents is 1. The molecule has 1 rings (SSSR count). The van der Waals surface area contributed by atoms with Crippen LogP contribution in [0.2, 0.25) is 0 Å². The number of carbonyl (C=O) groups is 1. The third-order valence-electron chi connectivity index (χ3n) is 2.81. The van der Waals surface area contributed by atoms with Crippen LogP contribution in [0.5, 0.6) is 5.75 Å². The van der Waals surface area contributed by atoms with Crippen LogP contribution in [0, 0.1) is 13.8 Å². The molecule has 1 atom stereocenters.